The van der Waals surface area contributed by atoms with Crippen molar-refractivity contribution >= 4 is 17.4 Å². The molecule has 0 aliphatic carbocycles. The standard InChI is InChI=1S/C10H13NS.C2H6/c1-2-11-7-8-12-10-6-4-3-5-9(10)11;1-2/h3-6H,2,7-8H2,1H3;1-2H3. The van der Waals surface area contributed by atoms with Gasteiger partial charge in [-0.3, -0.25) is 0 Å². The van der Waals surface area contributed by atoms with Gasteiger partial charge in [0.15, 0.2) is 0 Å². The van der Waals surface area contributed by atoms with Crippen molar-refractivity contribution in [2.75, 3.05) is 23.7 Å². The van der Waals surface area contributed by atoms with Gasteiger partial charge in [0, 0.05) is 23.7 Å². The maximum atomic E-state index is 2.44. The zero-order chi connectivity index (χ0) is 10.4. The number of thioether (sulfide) groups is 1. The van der Waals surface area contributed by atoms with Gasteiger partial charge >= 0.3 is 0 Å². The number of benzene rings is 1. The van der Waals surface area contributed by atoms with Crippen molar-refractivity contribution in [2.24, 2.45) is 0 Å². The summed E-state index contributed by atoms with van der Waals surface area (Å²) in [5, 5.41) is 0. The van der Waals surface area contributed by atoms with Crippen LogP contribution in [0.15, 0.2) is 29.2 Å². The van der Waals surface area contributed by atoms with Gasteiger partial charge in [0.25, 0.3) is 0 Å². The molecule has 1 aliphatic heterocycles. The molecule has 0 fully saturated rings. The summed E-state index contributed by atoms with van der Waals surface area (Å²) in [5.41, 5.74) is 1.41. The van der Waals surface area contributed by atoms with Gasteiger partial charge in [-0.25, -0.2) is 0 Å². The van der Waals surface area contributed by atoms with Gasteiger partial charge < -0.3 is 4.90 Å². The van der Waals surface area contributed by atoms with Crippen molar-refractivity contribution in [3.63, 3.8) is 0 Å². The van der Waals surface area contributed by atoms with Crippen molar-refractivity contribution in [1.82, 2.24) is 0 Å². The predicted molar refractivity (Wildman–Crippen MR) is 66.4 cm³/mol. The highest BCUT2D eigenvalue weighted by Crippen LogP contribution is 2.33. The fourth-order valence-electron chi connectivity index (χ4n) is 1.56. The van der Waals surface area contributed by atoms with Crippen molar-refractivity contribution < 1.29 is 0 Å². The van der Waals surface area contributed by atoms with E-state index in [-0.39, 0.29) is 0 Å². The van der Waals surface area contributed by atoms with Crippen LogP contribution in [0.1, 0.15) is 20.8 Å². The van der Waals surface area contributed by atoms with Crippen LogP contribution in [-0.4, -0.2) is 18.8 Å². The quantitative estimate of drug-likeness (QED) is 0.694. The van der Waals surface area contributed by atoms with E-state index in [0.717, 1.165) is 6.54 Å². The monoisotopic (exact) mass is 209 g/mol. The van der Waals surface area contributed by atoms with Gasteiger partial charge in [0.1, 0.15) is 0 Å². The van der Waals surface area contributed by atoms with Gasteiger partial charge in [-0.2, -0.15) is 0 Å². The van der Waals surface area contributed by atoms with E-state index in [2.05, 4.69) is 36.1 Å². The lowest BCUT2D eigenvalue weighted by Gasteiger charge is -2.29. The molecule has 0 atom stereocenters. The Kier molecular flexibility index (Phi) is 4.88. The van der Waals surface area contributed by atoms with Crippen LogP contribution < -0.4 is 4.90 Å². The number of hydrogen-bond acceptors (Lipinski definition) is 2. The molecule has 0 saturated heterocycles. The molecule has 2 rings (SSSR count). The van der Waals surface area contributed by atoms with E-state index in [9.17, 15) is 0 Å². The smallest absolute Gasteiger partial charge is 0.0504 e. The Labute approximate surface area is 91.5 Å². The van der Waals surface area contributed by atoms with Crippen molar-refractivity contribution in [2.45, 2.75) is 25.7 Å². The highest BCUT2D eigenvalue weighted by Gasteiger charge is 2.13. The van der Waals surface area contributed by atoms with Crippen LogP contribution in [0.3, 0.4) is 0 Å². The SMILES string of the molecule is CC.CCN1CCSc2ccccc21. The van der Waals surface area contributed by atoms with Crippen LogP contribution in [-0.2, 0) is 0 Å². The van der Waals surface area contributed by atoms with Crippen LogP contribution in [0.2, 0.25) is 0 Å². The van der Waals surface area contributed by atoms with E-state index in [1.807, 2.05) is 25.6 Å². The molecule has 0 aromatic heterocycles. The first-order chi connectivity index (χ1) is 6.92. The Morgan fingerprint density at radius 2 is 2.00 bits per heavy atom. The molecule has 78 valence electrons. The first-order valence-electron chi connectivity index (χ1n) is 5.38. The minimum Gasteiger partial charge on any atom is -0.370 e. The summed E-state index contributed by atoms with van der Waals surface area (Å²) in [6, 6.07) is 8.66. The molecule has 1 nitrogen and oxygen atoms in total. The van der Waals surface area contributed by atoms with E-state index < -0.39 is 0 Å². The fourth-order valence-corrected chi connectivity index (χ4v) is 2.61. The zero-order valence-electron chi connectivity index (χ0n) is 9.29. The molecule has 0 amide bonds. The third-order valence-electron chi connectivity index (χ3n) is 2.21. The molecule has 14 heavy (non-hydrogen) atoms. The normalized spacial score (nSPS) is 14.1. The molecular weight excluding hydrogens is 190 g/mol. The number of para-hydroxylation sites is 1. The molecular formula is C12H19NS. The van der Waals surface area contributed by atoms with E-state index in [1.165, 1.54) is 22.9 Å². The van der Waals surface area contributed by atoms with Crippen LogP contribution in [0, 0.1) is 0 Å². The van der Waals surface area contributed by atoms with E-state index in [0.29, 0.717) is 0 Å². The number of nitrogens with zero attached hydrogens (tertiary/aromatic N) is 1. The second kappa shape index (κ2) is 5.97. The molecule has 0 unspecified atom stereocenters. The van der Waals surface area contributed by atoms with Crippen molar-refractivity contribution in [3.8, 4) is 0 Å². The topological polar surface area (TPSA) is 3.24 Å². The Hall–Kier alpha value is -0.630. The predicted octanol–water partition coefficient (Wildman–Crippen LogP) is 3.64. The average Bonchev–Trinajstić information content (AvgIpc) is 2.31. The van der Waals surface area contributed by atoms with Crippen LogP contribution in [0.25, 0.3) is 0 Å². The highest BCUT2D eigenvalue weighted by atomic mass is 32.2. The fraction of sp³-hybridized carbons (Fsp3) is 0.500. The lowest BCUT2D eigenvalue weighted by Crippen LogP contribution is -2.28. The van der Waals surface area contributed by atoms with E-state index >= 15 is 0 Å². The van der Waals surface area contributed by atoms with E-state index in [4.69, 9.17) is 0 Å². The maximum Gasteiger partial charge on any atom is 0.0504 e. The van der Waals surface area contributed by atoms with Gasteiger partial charge in [-0.05, 0) is 19.1 Å². The third kappa shape index (κ3) is 2.44. The minimum absolute atomic E-state index is 1.12. The first-order valence-corrected chi connectivity index (χ1v) is 6.37. The summed E-state index contributed by atoms with van der Waals surface area (Å²) in [6.45, 7) is 8.53. The third-order valence-corrected chi connectivity index (χ3v) is 3.25. The highest BCUT2D eigenvalue weighted by molar-refractivity contribution is 7.99. The molecule has 0 saturated carbocycles. The van der Waals surface area contributed by atoms with Crippen LogP contribution in [0.4, 0.5) is 5.69 Å². The molecule has 0 radical (unpaired) electrons. The molecule has 0 N–H and O–H groups in total. The van der Waals surface area contributed by atoms with Gasteiger partial charge in [-0.1, -0.05) is 26.0 Å². The Morgan fingerprint density at radius 3 is 2.71 bits per heavy atom. The number of rotatable bonds is 1. The molecule has 2 heteroatoms. The van der Waals surface area contributed by atoms with Crippen molar-refractivity contribution in [1.29, 1.82) is 0 Å². The number of hydrogen-bond donors (Lipinski definition) is 0. The van der Waals surface area contributed by atoms with Gasteiger partial charge in [-0.15, -0.1) is 11.8 Å². The lowest BCUT2D eigenvalue weighted by molar-refractivity contribution is 0.850. The Morgan fingerprint density at radius 1 is 1.29 bits per heavy atom. The zero-order valence-corrected chi connectivity index (χ0v) is 10.1. The Bertz CT molecular complexity index is 273. The van der Waals surface area contributed by atoms with Crippen LogP contribution >= 0.6 is 11.8 Å². The van der Waals surface area contributed by atoms with Crippen LogP contribution in [0.5, 0.6) is 0 Å². The second-order valence-electron chi connectivity index (χ2n) is 2.90. The van der Waals surface area contributed by atoms with Gasteiger partial charge in [0.05, 0.1) is 5.69 Å². The largest absolute Gasteiger partial charge is 0.370 e. The Balaban J connectivity index is 0.000000461. The molecule has 0 bridgehead atoms. The summed E-state index contributed by atoms with van der Waals surface area (Å²) >= 11 is 1.97. The van der Waals surface area contributed by atoms with E-state index in [1.54, 1.807) is 0 Å². The minimum atomic E-state index is 1.12. The summed E-state index contributed by atoms with van der Waals surface area (Å²) in [7, 11) is 0. The molecule has 1 aromatic rings. The maximum absolute atomic E-state index is 2.44. The molecule has 0 spiro atoms. The molecule has 1 aromatic carbocycles. The lowest BCUT2D eigenvalue weighted by atomic mass is 10.3. The average molecular weight is 209 g/mol. The summed E-state index contributed by atoms with van der Waals surface area (Å²) < 4.78 is 0. The van der Waals surface area contributed by atoms with Crippen molar-refractivity contribution in [3.05, 3.63) is 24.3 Å². The molecule has 1 aliphatic rings. The molecule has 1 heterocycles. The number of fused-ring (bicyclic) bond motifs is 1. The second-order valence-corrected chi connectivity index (χ2v) is 4.03. The summed E-state index contributed by atoms with van der Waals surface area (Å²) in [6.07, 6.45) is 0. The van der Waals surface area contributed by atoms with Gasteiger partial charge in [0.2, 0.25) is 0 Å². The summed E-state index contributed by atoms with van der Waals surface area (Å²) in [5.74, 6) is 1.23. The number of anilines is 1. The summed E-state index contributed by atoms with van der Waals surface area (Å²) in [4.78, 5) is 3.87. The first kappa shape index (κ1) is 11.4.